The highest BCUT2D eigenvalue weighted by Crippen LogP contribution is 2.39. The summed E-state index contributed by atoms with van der Waals surface area (Å²) in [6.07, 6.45) is 6.79. The minimum atomic E-state index is -0.352. The molecule has 2 N–H and O–H groups in total. The predicted molar refractivity (Wildman–Crippen MR) is 119 cm³/mol. The number of guanidine groups is 1. The molecule has 2 aliphatic rings. The van der Waals surface area contributed by atoms with Crippen LogP contribution in [0.3, 0.4) is 0 Å². The van der Waals surface area contributed by atoms with Crippen molar-refractivity contribution in [1.29, 1.82) is 0 Å². The van der Waals surface area contributed by atoms with Crippen molar-refractivity contribution in [2.24, 2.45) is 10.4 Å². The van der Waals surface area contributed by atoms with E-state index in [1.165, 1.54) is 0 Å². The summed E-state index contributed by atoms with van der Waals surface area (Å²) in [6.45, 7) is 5.09. The van der Waals surface area contributed by atoms with Gasteiger partial charge in [-0.05, 0) is 38.3 Å². The van der Waals surface area contributed by atoms with Gasteiger partial charge in [0.2, 0.25) is 5.91 Å². The van der Waals surface area contributed by atoms with Gasteiger partial charge in [-0.25, -0.2) is 4.98 Å². The third kappa shape index (κ3) is 5.13. The SMILES string of the molecule is CCNC(=NCC1(C(=O)N(C)C)CCCC1)NC1CCN(c2ncccc2Cl)C1. The molecule has 0 radical (unpaired) electrons. The van der Waals surface area contributed by atoms with Gasteiger partial charge in [-0.3, -0.25) is 9.79 Å². The van der Waals surface area contributed by atoms with E-state index in [2.05, 4.69) is 27.4 Å². The first-order valence-electron chi connectivity index (χ1n) is 10.6. The lowest BCUT2D eigenvalue weighted by Gasteiger charge is -2.29. The molecule has 7 nitrogen and oxygen atoms in total. The van der Waals surface area contributed by atoms with Crippen LogP contribution >= 0.6 is 11.6 Å². The number of carbonyl (C=O) groups excluding carboxylic acids is 1. The van der Waals surface area contributed by atoms with Gasteiger partial charge in [-0.1, -0.05) is 24.4 Å². The van der Waals surface area contributed by atoms with Crippen molar-refractivity contribution >= 4 is 29.3 Å². The van der Waals surface area contributed by atoms with Crippen LogP contribution in [0.5, 0.6) is 0 Å². The van der Waals surface area contributed by atoms with E-state index in [-0.39, 0.29) is 17.4 Å². The van der Waals surface area contributed by atoms with E-state index in [1.54, 1.807) is 11.1 Å². The molecule has 1 amide bonds. The minimum Gasteiger partial charge on any atom is -0.357 e. The zero-order valence-corrected chi connectivity index (χ0v) is 18.5. The van der Waals surface area contributed by atoms with Crippen LogP contribution in [0.4, 0.5) is 5.82 Å². The van der Waals surface area contributed by atoms with Crippen molar-refractivity contribution in [3.63, 3.8) is 0 Å². The van der Waals surface area contributed by atoms with Gasteiger partial charge >= 0.3 is 0 Å². The quantitative estimate of drug-likeness (QED) is 0.546. The number of hydrogen-bond donors (Lipinski definition) is 2. The Balaban J connectivity index is 1.65. The molecule has 1 aliphatic carbocycles. The molecule has 1 atom stereocenters. The van der Waals surface area contributed by atoms with Crippen LogP contribution in [0.15, 0.2) is 23.3 Å². The summed E-state index contributed by atoms with van der Waals surface area (Å²) in [5.41, 5.74) is -0.352. The van der Waals surface area contributed by atoms with E-state index in [4.69, 9.17) is 16.6 Å². The smallest absolute Gasteiger partial charge is 0.230 e. The normalized spacial score (nSPS) is 21.3. The van der Waals surface area contributed by atoms with Crippen molar-refractivity contribution in [3.8, 4) is 0 Å². The molecule has 2 fully saturated rings. The zero-order valence-electron chi connectivity index (χ0n) is 17.7. The summed E-state index contributed by atoms with van der Waals surface area (Å²) in [5, 5.41) is 7.57. The van der Waals surface area contributed by atoms with E-state index in [1.807, 2.05) is 26.2 Å². The fraction of sp³-hybridized carbons (Fsp3) is 0.667. The molecule has 3 rings (SSSR count). The number of amides is 1. The minimum absolute atomic E-state index is 0.200. The van der Waals surface area contributed by atoms with Gasteiger partial charge < -0.3 is 20.4 Å². The summed E-state index contributed by atoms with van der Waals surface area (Å²) in [6, 6.07) is 3.98. The third-order valence-electron chi connectivity index (χ3n) is 5.87. The number of rotatable bonds is 6. The molecule has 1 aromatic heterocycles. The molecule has 1 aromatic rings. The maximum atomic E-state index is 12.8. The molecule has 8 heteroatoms. The Hall–Kier alpha value is -2.02. The van der Waals surface area contributed by atoms with Gasteiger partial charge in [-0.2, -0.15) is 0 Å². The number of hydrogen-bond acceptors (Lipinski definition) is 4. The van der Waals surface area contributed by atoms with Crippen LogP contribution in [0.25, 0.3) is 0 Å². The summed E-state index contributed by atoms with van der Waals surface area (Å²) in [4.78, 5) is 26.0. The van der Waals surface area contributed by atoms with Crippen LogP contribution in [0.2, 0.25) is 5.02 Å². The number of nitrogens with one attached hydrogen (secondary N) is 2. The Kier molecular flexibility index (Phi) is 7.22. The number of pyridine rings is 1. The molecule has 0 spiro atoms. The highest BCUT2D eigenvalue weighted by atomic mass is 35.5. The second kappa shape index (κ2) is 9.65. The van der Waals surface area contributed by atoms with Crippen LogP contribution < -0.4 is 15.5 Å². The summed E-state index contributed by atoms with van der Waals surface area (Å²) in [7, 11) is 3.68. The van der Waals surface area contributed by atoms with Gasteiger partial charge in [0.15, 0.2) is 5.96 Å². The maximum absolute atomic E-state index is 12.8. The second-order valence-corrected chi connectivity index (χ2v) is 8.67. The van der Waals surface area contributed by atoms with Crippen LogP contribution in [-0.4, -0.2) is 68.1 Å². The van der Waals surface area contributed by atoms with E-state index in [9.17, 15) is 4.79 Å². The van der Waals surface area contributed by atoms with Crippen molar-refractivity contribution in [2.45, 2.75) is 45.1 Å². The molecule has 1 saturated heterocycles. The molecule has 1 unspecified atom stereocenters. The highest BCUT2D eigenvalue weighted by Gasteiger charge is 2.42. The molecule has 0 bridgehead atoms. The average molecular weight is 421 g/mol. The standard InChI is InChI=1S/C21H33ClN6O/c1-4-23-20(25-15-21(10-5-6-11-21)19(29)27(2)3)26-16-9-13-28(14-16)18-17(22)8-7-12-24-18/h7-8,12,16H,4-6,9-11,13-15H2,1-3H3,(H2,23,25,26). The highest BCUT2D eigenvalue weighted by molar-refractivity contribution is 6.32. The number of nitrogens with zero attached hydrogens (tertiary/aromatic N) is 4. The largest absolute Gasteiger partial charge is 0.357 e. The monoisotopic (exact) mass is 420 g/mol. The molecular weight excluding hydrogens is 388 g/mol. The van der Waals surface area contributed by atoms with Gasteiger partial charge in [0.05, 0.1) is 17.0 Å². The molecule has 1 saturated carbocycles. The fourth-order valence-electron chi connectivity index (χ4n) is 4.39. The lowest BCUT2D eigenvalue weighted by Crippen LogP contribution is -2.46. The molecule has 1 aliphatic heterocycles. The van der Waals surface area contributed by atoms with E-state index in [0.717, 1.165) is 63.5 Å². The number of aliphatic imine (C=N–C) groups is 1. The molecule has 29 heavy (non-hydrogen) atoms. The van der Waals surface area contributed by atoms with Gasteiger partial charge in [0, 0.05) is 46.0 Å². The van der Waals surface area contributed by atoms with Crippen LogP contribution in [-0.2, 0) is 4.79 Å². The molecular formula is C21H33ClN6O. The van der Waals surface area contributed by atoms with E-state index >= 15 is 0 Å². The Morgan fingerprint density at radius 1 is 1.41 bits per heavy atom. The van der Waals surface area contributed by atoms with Crippen molar-refractivity contribution in [2.75, 3.05) is 45.2 Å². The van der Waals surface area contributed by atoms with E-state index < -0.39 is 0 Å². The lowest BCUT2D eigenvalue weighted by atomic mass is 9.85. The maximum Gasteiger partial charge on any atom is 0.230 e. The van der Waals surface area contributed by atoms with E-state index in [0.29, 0.717) is 11.6 Å². The van der Waals surface area contributed by atoms with Gasteiger partial charge in [-0.15, -0.1) is 0 Å². The van der Waals surface area contributed by atoms with Gasteiger partial charge in [0.25, 0.3) is 0 Å². The van der Waals surface area contributed by atoms with Crippen LogP contribution in [0.1, 0.15) is 39.0 Å². The predicted octanol–water partition coefficient (Wildman–Crippen LogP) is 2.52. The fourth-order valence-corrected chi connectivity index (χ4v) is 4.63. The van der Waals surface area contributed by atoms with Gasteiger partial charge in [0.1, 0.15) is 5.82 Å². The zero-order chi connectivity index (χ0) is 20.9. The Morgan fingerprint density at radius 3 is 2.83 bits per heavy atom. The third-order valence-corrected chi connectivity index (χ3v) is 6.17. The summed E-state index contributed by atoms with van der Waals surface area (Å²) in [5.74, 6) is 1.82. The Labute approximate surface area is 178 Å². The van der Waals surface area contributed by atoms with Crippen molar-refractivity contribution in [3.05, 3.63) is 23.4 Å². The lowest BCUT2D eigenvalue weighted by molar-refractivity contribution is -0.138. The molecule has 0 aromatic carbocycles. The number of anilines is 1. The van der Waals surface area contributed by atoms with Crippen molar-refractivity contribution in [1.82, 2.24) is 20.5 Å². The van der Waals surface area contributed by atoms with Crippen LogP contribution in [0, 0.1) is 5.41 Å². The topological polar surface area (TPSA) is 72.9 Å². The number of carbonyl (C=O) groups is 1. The number of halogens is 1. The first-order chi connectivity index (χ1) is 13.9. The summed E-state index contributed by atoms with van der Waals surface area (Å²) < 4.78 is 0. The van der Waals surface area contributed by atoms with Crippen molar-refractivity contribution < 1.29 is 4.79 Å². The summed E-state index contributed by atoms with van der Waals surface area (Å²) >= 11 is 6.30. The molecule has 160 valence electrons. The Bertz CT molecular complexity index is 732. The first kappa shape index (κ1) is 21.7. The second-order valence-electron chi connectivity index (χ2n) is 8.27. The molecule has 2 heterocycles. The Morgan fingerprint density at radius 2 is 2.17 bits per heavy atom. The average Bonchev–Trinajstić information content (AvgIpc) is 3.36. The first-order valence-corrected chi connectivity index (χ1v) is 10.9. The number of aromatic nitrogens is 1.